The maximum atomic E-state index is 2.57. The van der Waals surface area contributed by atoms with Crippen molar-refractivity contribution in [2.45, 2.75) is 78.6 Å². The van der Waals surface area contributed by atoms with Gasteiger partial charge in [0.2, 0.25) is 0 Å². The average Bonchev–Trinajstić information content (AvgIpc) is 3.91. The zero-order chi connectivity index (χ0) is 48.7. The first-order valence-corrected chi connectivity index (χ1v) is 26.1. The van der Waals surface area contributed by atoms with Crippen molar-refractivity contribution in [3.63, 3.8) is 0 Å². The van der Waals surface area contributed by atoms with E-state index in [1.165, 1.54) is 109 Å². The monoisotopic (exact) mass is 935 g/mol. The largest absolute Gasteiger partial charge is 0.311 e. The summed E-state index contributed by atoms with van der Waals surface area (Å²) in [4.78, 5) is 5.14. The van der Waals surface area contributed by atoms with Crippen LogP contribution >= 0.6 is 11.3 Å². The molecular formula is C66H58BN3S. The molecule has 346 valence electrons. The number of hydrogen-bond donors (Lipinski definition) is 0. The lowest BCUT2D eigenvalue weighted by Crippen LogP contribution is -2.60. The van der Waals surface area contributed by atoms with Crippen LogP contribution in [-0.4, -0.2) is 11.3 Å². The Morgan fingerprint density at radius 1 is 0.394 bits per heavy atom. The first-order valence-electron chi connectivity index (χ1n) is 25.3. The minimum atomic E-state index is 0.0144. The summed E-state index contributed by atoms with van der Waals surface area (Å²) in [5, 5.41) is 6.34. The van der Waals surface area contributed by atoms with Crippen molar-refractivity contribution >= 4 is 111 Å². The Balaban J connectivity index is 1.06. The molecule has 11 aromatic rings. The molecule has 5 heteroatoms. The molecule has 0 aliphatic carbocycles. The number of fused-ring (bicyclic) bond motifs is 10. The van der Waals surface area contributed by atoms with E-state index < -0.39 is 0 Å². The van der Waals surface area contributed by atoms with Crippen LogP contribution < -0.4 is 25.5 Å². The highest BCUT2D eigenvalue weighted by Crippen LogP contribution is 2.49. The number of benzene rings is 9. The highest BCUT2D eigenvalue weighted by atomic mass is 32.1. The quantitative estimate of drug-likeness (QED) is 0.163. The Bertz CT molecular complexity index is 3890. The van der Waals surface area contributed by atoms with Gasteiger partial charge in [-0.25, -0.2) is 0 Å². The standard InChI is InChI=1S/C66H58BN3S/c1-64(2,3)45-27-24-42(25-28-45)44-18-14-19-48(36-44)70-58-22-15-21-57-61(58)67(63-62(70)51-20-12-13-23-60(51)71-63)54-33-32-50(40-59(54)69(57)49-31-26-41-16-10-11-17-43(41)37-49)68-55-34-29-46(65(4,5)6)38-52(55)53-39-47(66(7,8)9)30-35-56(53)68/h10-40H,1-9H3. The van der Waals surface area contributed by atoms with Gasteiger partial charge in [-0.1, -0.05) is 172 Å². The minimum absolute atomic E-state index is 0.0144. The van der Waals surface area contributed by atoms with E-state index in [0.717, 1.165) is 17.1 Å². The van der Waals surface area contributed by atoms with E-state index in [-0.39, 0.29) is 23.0 Å². The van der Waals surface area contributed by atoms with Gasteiger partial charge in [-0.3, -0.25) is 0 Å². The van der Waals surface area contributed by atoms with E-state index in [9.17, 15) is 0 Å². The highest BCUT2D eigenvalue weighted by Gasteiger charge is 2.45. The summed E-state index contributed by atoms with van der Waals surface area (Å²) in [5.41, 5.74) is 20.1. The summed E-state index contributed by atoms with van der Waals surface area (Å²) < 4.78 is 5.20. The molecule has 71 heavy (non-hydrogen) atoms. The first kappa shape index (κ1) is 43.7. The normalized spacial score (nSPS) is 13.6. The number of aromatic nitrogens is 1. The van der Waals surface area contributed by atoms with E-state index >= 15 is 0 Å². The summed E-state index contributed by atoms with van der Waals surface area (Å²) in [6.45, 7) is 20.8. The van der Waals surface area contributed by atoms with Crippen LogP contribution in [-0.2, 0) is 16.2 Å². The molecule has 0 saturated heterocycles. The summed E-state index contributed by atoms with van der Waals surface area (Å²) in [7, 11) is 0. The predicted octanol–water partition coefficient (Wildman–Crippen LogP) is 16.8. The van der Waals surface area contributed by atoms with Gasteiger partial charge >= 0.3 is 0 Å². The van der Waals surface area contributed by atoms with Gasteiger partial charge in [-0.05, 0) is 145 Å². The van der Waals surface area contributed by atoms with Gasteiger partial charge in [0.05, 0.1) is 16.7 Å². The second kappa shape index (κ2) is 15.6. The number of thiophene rings is 1. The Hall–Kier alpha value is -7.34. The maximum absolute atomic E-state index is 2.57. The van der Waals surface area contributed by atoms with E-state index in [0.29, 0.717) is 0 Å². The third-order valence-corrected chi connectivity index (χ3v) is 16.6. The van der Waals surface area contributed by atoms with Crippen LogP contribution in [0.25, 0.3) is 59.5 Å². The molecule has 0 amide bonds. The molecule has 0 fully saturated rings. The molecule has 0 N–H and O–H groups in total. The smallest absolute Gasteiger partial charge is 0.264 e. The molecule has 13 rings (SSSR count). The minimum Gasteiger partial charge on any atom is -0.311 e. The topological polar surface area (TPSA) is 11.4 Å². The lowest BCUT2D eigenvalue weighted by Gasteiger charge is -2.43. The second-order valence-corrected chi connectivity index (χ2v) is 24.2. The van der Waals surface area contributed by atoms with Gasteiger partial charge in [0.1, 0.15) is 0 Å². The Morgan fingerprint density at radius 2 is 0.986 bits per heavy atom. The van der Waals surface area contributed by atoms with Gasteiger partial charge in [-0.15, -0.1) is 11.3 Å². The van der Waals surface area contributed by atoms with Crippen LogP contribution in [0.4, 0.5) is 34.1 Å². The molecule has 0 saturated carbocycles. The molecule has 3 nitrogen and oxygen atoms in total. The molecule has 2 aliphatic rings. The van der Waals surface area contributed by atoms with Crippen LogP contribution in [0.5, 0.6) is 0 Å². The lowest BCUT2D eigenvalue weighted by atomic mass is 9.36. The van der Waals surface area contributed by atoms with Crippen molar-refractivity contribution in [2.75, 3.05) is 9.80 Å². The first-order chi connectivity index (χ1) is 34.1. The van der Waals surface area contributed by atoms with Crippen molar-refractivity contribution in [1.29, 1.82) is 0 Å². The number of rotatable bonds is 4. The summed E-state index contributed by atoms with van der Waals surface area (Å²) in [6, 6.07) is 71.8. The molecule has 2 aromatic heterocycles. The zero-order valence-corrected chi connectivity index (χ0v) is 43.0. The molecule has 0 bridgehead atoms. The summed E-state index contributed by atoms with van der Waals surface area (Å²) >= 11 is 1.95. The van der Waals surface area contributed by atoms with Crippen molar-refractivity contribution in [2.24, 2.45) is 0 Å². The lowest BCUT2D eigenvalue weighted by molar-refractivity contribution is 0.590. The van der Waals surface area contributed by atoms with Crippen molar-refractivity contribution in [3.8, 4) is 16.8 Å². The molecule has 2 aliphatic heterocycles. The SMILES string of the molecule is CC(C)(C)c1ccc(-c2cccc(N3c4cccc5c4B(c4ccc(-n6c7ccc(C(C)(C)C)cc7c7cc(C(C)(C)C)ccc76)cc4N5c4ccc5ccccc5c4)c4sc5ccccc5c43)c2)cc1. The van der Waals surface area contributed by atoms with Gasteiger partial charge in [0.15, 0.2) is 0 Å². The Kier molecular flexibility index (Phi) is 9.58. The van der Waals surface area contributed by atoms with E-state index in [4.69, 9.17) is 0 Å². The van der Waals surface area contributed by atoms with Gasteiger partial charge < -0.3 is 14.4 Å². The highest BCUT2D eigenvalue weighted by molar-refractivity contribution is 7.33. The molecule has 0 radical (unpaired) electrons. The van der Waals surface area contributed by atoms with Crippen LogP contribution in [0.3, 0.4) is 0 Å². The van der Waals surface area contributed by atoms with E-state index in [1.54, 1.807) is 0 Å². The van der Waals surface area contributed by atoms with E-state index in [1.807, 2.05) is 11.3 Å². The van der Waals surface area contributed by atoms with Crippen molar-refractivity contribution in [3.05, 3.63) is 205 Å². The van der Waals surface area contributed by atoms with E-state index in [2.05, 4.69) is 265 Å². The van der Waals surface area contributed by atoms with Crippen molar-refractivity contribution in [1.82, 2.24) is 4.57 Å². The molecule has 0 spiro atoms. The van der Waals surface area contributed by atoms with Crippen LogP contribution in [0, 0.1) is 0 Å². The fraction of sp³-hybridized carbons (Fsp3) is 0.182. The maximum Gasteiger partial charge on any atom is 0.264 e. The Labute approximate surface area is 422 Å². The zero-order valence-electron chi connectivity index (χ0n) is 42.2. The van der Waals surface area contributed by atoms with Crippen molar-refractivity contribution < 1.29 is 0 Å². The van der Waals surface area contributed by atoms with Crippen LogP contribution in [0.2, 0.25) is 0 Å². The molecule has 0 unspecified atom stereocenters. The summed E-state index contributed by atoms with van der Waals surface area (Å²) in [5.74, 6) is 0. The van der Waals surface area contributed by atoms with Crippen LogP contribution in [0.15, 0.2) is 188 Å². The fourth-order valence-electron chi connectivity index (χ4n) is 11.6. The molecular weight excluding hydrogens is 878 g/mol. The predicted molar refractivity (Wildman–Crippen MR) is 309 cm³/mol. The number of anilines is 6. The van der Waals surface area contributed by atoms with Gasteiger partial charge in [0.25, 0.3) is 6.71 Å². The third kappa shape index (κ3) is 6.91. The third-order valence-electron chi connectivity index (χ3n) is 15.4. The fourth-order valence-corrected chi connectivity index (χ4v) is 12.9. The molecule has 0 atom stereocenters. The number of nitrogens with zero attached hydrogens (tertiary/aromatic N) is 3. The Morgan fingerprint density at radius 3 is 1.68 bits per heavy atom. The van der Waals surface area contributed by atoms with Gasteiger partial charge in [-0.2, -0.15) is 0 Å². The van der Waals surface area contributed by atoms with Crippen LogP contribution in [0.1, 0.15) is 79.0 Å². The summed E-state index contributed by atoms with van der Waals surface area (Å²) in [6.07, 6.45) is 0. The van der Waals surface area contributed by atoms with Gasteiger partial charge in [0, 0.05) is 59.8 Å². The second-order valence-electron chi connectivity index (χ2n) is 23.1. The average molecular weight is 936 g/mol. The number of hydrogen-bond acceptors (Lipinski definition) is 3. The molecule has 4 heterocycles. The molecule has 9 aromatic carbocycles.